The fourth-order valence-corrected chi connectivity index (χ4v) is 2.66. The molecule has 0 saturated heterocycles. The maximum absolute atomic E-state index is 12.4. The summed E-state index contributed by atoms with van der Waals surface area (Å²) in [6, 6.07) is 21.5. The van der Waals surface area contributed by atoms with Crippen molar-refractivity contribution in [1.82, 2.24) is 0 Å². The van der Waals surface area contributed by atoms with E-state index in [4.69, 9.17) is 21.1 Å². The van der Waals surface area contributed by atoms with Gasteiger partial charge >= 0.3 is 5.97 Å². The molecule has 0 fully saturated rings. The molecule has 0 unspecified atom stereocenters. The number of carbonyl (C=O) groups excluding carboxylic acids is 3. The first-order chi connectivity index (χ1) is 14.0. The van der Waals surface area contributed by atoms with Crippen molar-refractivity contribution >= 4 is 29.1 Å². The fourth-order valence-electron chi connectivity index (χ4n) is 2.54. The summed E-state index contributed by atoms with van der Waals surface area (Å²) < 4.78 is 10.4. The quantitative estimate of drug-likeness (QED) is 0.239. The molecule has 0 aliphatic carbocycles. The Morgan fingerprint density at radius 1 is 0.690 bits per heavy atom. The summed E-state index contributed by atoms with van der Waals surface area (Å²) in [6.45, 7) is 0.0150. The van der Waals surface area contributed by atoms with Gasteiger partial charge in [0.2, 0.25) is 0 Å². The second-order valence-corrected chi connectivity index (χ2v) is 6.48. The fraction of sp³-hybridized carbons (Fsp3) is 0.0870. The van der Waals surface area contributed by atoms with E-state index in [2.05, 4.69) is 0 Å². The standard InChI is InChI=1S/C23H17ClO5/c24-19-10-6-17(7-11-19)21(25)18-8-12-20(13-9-18)28-14-15-29-23(27)22(26)16-4-2-1-3-5-16/h1-13H,14-15H2. The van der Waals surface area contributed by atoms with Crippen molar-refractivity contribution < 1.29 is 23.9 Å². The van der Waals surface area contributed by atoms with Gasteiger partial charge in [0.05, 0.1) is 0 Å². The highest BCUT2D eigenvalue weighted by Gasteiger charge is 2.17. The lowest BCUT2D eigenvalue weighted by Gasteiger charge is -2.08. The van der Waals surface area contributed by atoms with Crippen LogP contribution >= 0.6 is 11.6 Å². The van der Waals surface area contributed by atoms with Crippen molar-refractivity contribution in [2.75, 3.05) is 13.2 Å². The second-order valence-electron chi connectivity index (χ2n) is 6.04. The van der Waals surface area contributed by atoms with Crippen LogP contribution in [0, 0.1) is 0 Å². The number of benzene rings is 3. The molecule has 0 aliphatic rings. The number of Topliss-reactive ketones (excluding diaryl/α,β-unsaturated/α-hetero) is 1. The molecule has 3 aromatic rings. The summed E-state index contributed by atoms with van der Waals surface area (Å²) in [7, 11) is 0. The van der Waals surface area contributed by atoms with Gasteiger partial charge in [-0.05, 0) is 48.5 Å². The molecule has 3 aromatic carbocycles. The maximum Gasteiger partial charge on any atom is 0.379 e. The highest BCUT2D eigenvalue weighted by Crippen LogP contribution is 2.17. The first kappa shape index (κ1) is 20.3. The molecular formula is C23H17ClO5. The van der Waals surface area contributed by atoms with Crippen LogP contribution in [-0.2, 0) is 9.53 Å². The van der Waals surface area contributed by atoms with Crippen LogP contribution in [0.4, 0.5) is 0 Å². The minimum atomic E-state index is -0.927. The third-order valence-electron chi connectivity index (χ3n) is 4.03. The predicted octanol–water partition coefficient (Wildman–Crippen LogP) is 4.38. The summed E-state index contributed by atoms with van der Waals surface area (Å²) in [4.78, 5) is 36.1. The van der Waals surface area contributed by atoms with Gasteiger partial charge in [-0.1, -0.05) is 41.9 Å². The molecule has 0 bridgehead atoms. The van der Waals surface area contributed by atoms with Crippen molar-refractivity contribution in [2.45, 2.75) is 0 Å². The Bertz CT molecular complexity index is 996. The Hall–Kier alpha value is -3.44. The molecular weight excluding hydrogens is 392 g/mol. The Labute approximate surface area is 172 Å². The van der Waals surface area contributed by atoms with Crippen LogP contribution in [0.2, 0.25) is 5.02 Å². The number of halogens is 1. The Balaban J connectivity index is 1.47. The molecule has 0 N–H and O–H groups in total. The van der Waals surface area contributed by atoms with Crippen molar-refractivity contribution in [1.29, 1.82) is 0 Å². The van der Waals surface area contributed by atoms with Gasteiger partial charge in [0.25, 0.3) is 5.78 Å². The van der Waals surface area contributed by atoms with E-state index in [1.807, 2.05) is 0 Å². The monoisotopic (exact) mass is 408 g/mol. The summed E-state index contributed by atoms with van der Waals surface area (Å²) in [5, 5.41) is 0.566. The summed E-state index contributed by atoms with van der Waals surface area (Å²) in [5.41, 5.74) is 1.33. The predicted molar refractivity (Wildman–Crippen MR) is 109 cm³/mol. The zero-order valence-electron chi connectivity index (χ0n) is 15.3. The number of ether oxygens (including phenoxy) is 2. The van der Waals surface area contributed by atoms with Gasteiger partial charge in [-0.15, -0.1) is 0 Å². The second kappa shape index (κ2) is 9.66. The number of esters is 1. The van der Waals surface area contributed by atoms with Crippen molar-refractivity contribution in [2.24, 2.45) is 0 Å². The van der Waals surface area contributed by atoms with E-state index >= 15 is 0 Å². The van der Waals surface area contributed by atoms with Crippen molar-refractivity contribution in [3.8, 4) is 5.75 Å². The van der Waals surface area contributed by atoms with Crippen LogP contribution in [0.15, 0.2) is 78.9 Å². The molecule has 0 heterocycles. The molecule has 0 saturated carbocycles. The summed E-state index contributed by atoms with van der Waals surface area (Å²) in [6.07, 6.45) is 0. The van der Waals surface area contributed by atoms with E-state index in [-0.39, 0.29) is 24.6 Å². The number of hydrogen-bond acceptors (Lipinski definition) is 5. The van der Waals surface area contributed by atoms with Crippen LogP contribution in [0.25, 0.3) is 0 Å². The Morgan fingerprint density at radius 2 is 1.28 bits per heavy atom. The zero-order chi connectivity index (χ0) is 20.6. The minimum Gasteiger partial charge on any atom is -0.490 e. The number of rotatable bonds is 8. The third-order valence-corrected chi connectivity index (χ3v) is 4.28. The van der Waals surface area contributed by atoms with Crippen molar-refractivity contribution in [3.05, 3.63) is 101 Å². The highest BCUT2D eigenvalue weighted by atomic mass is 35.5. The van der Waals surface area contributed by atoms with Gasteiger partial charge in [0.15, 0.2) is 5.78 Å². The van der Waals surface area contributed by atoms with Crippen LogP contribution < -0.4 is 4.74 Å². The average Bonchev–Trinajstić information content (AvgIpc) is 2.77. The van der Waals surface area contributed by atoms with Gasteiger partial charge in [0.1, 0.15) is 19.0 Å². The molecule has 6 heteroatoms. The molecule has 3 rings (SSSR count). The summed E-state index contributed by atoms with van der Waals surface area (Å²) in [5.74, 6) is -1.23. The number of carbonyl (C=O) groups is 3. The molecule has 0 atom stereocenters. The normalized spacial score (nSPS) is 10.2. The number of hydrogen-bond donors (Lipinski definition) is 0. The molecule has 0 radical (unpaired) electrons. The van der Waals surface area contributed by atoms with Crippen LogP contribution in [0.1, 0.15) is 26.3 Å². The third kappa shape index (κ3) is 5.53. The van der Waals surface area contributed by atoms with E-state index in [1.165, 1.54) is 0 Å². The lowest BCUT2D eigenvalue weighted by atomic mass is 10.0. The lowest BCUT2D eigenvalue weighted by Crippen LogP contribution is -2.20. The Kier molecular flexibility index (Phi) is 6.76. The molecule has 29 heavy (non-hydrogen) atoms. The van der Waals surface area contributed by atoms with E-state index in [0.717, 1.165) is 0 Å². The average molecular weight is 409 g/mol. The highest BCUT2D eigenvalue weighted by molar-refractivity contribution is 6.40. The molecule has 146 valence electrons. The van der Waals surface area contributed by atoms with E-state index in [0.29, 0.717) is 21.9 Å². The number of ketones is 2. The topological polar surface area (TPSA) is 69.7 Å². The van der Waals surface area contributed by atoms with Gasteiger partial charge < -0.3 is 9.47 Å². The SMILES string of the molecule is O=C(OCCOc1ccc(C(=O)c2ccc(Cl)cc2)cc1)C(=O)c1ccccc1. The minimum absolute atomic E-state index is 0.0666. The molecule has 5 nitrogen and oxygen atoms in total. The van der Waals surface area contributed by atoms with Crippen LogP contribution in [-0.4, -0.2) is 30.7 Å². The maximum atomic E-state index is 12.4. The largest absolute Gasteiger partial charge is 0.490 e. The molecule has 0 aliphatic heterocycles. The van der Waals surface area contributed by atoms with E-state index < -0.39 is 11.8 Å². The van der Waals surface area contributed by atoms with Crippen LogP contribution in [0.5, 0.6) is 5.75 Å². The lowest BCUT2D eigenvalue weighted by molar-refractivity contribution is -0.138. The van der Waals surface area contributed by atoms with Gasteiger partial charge in [0, 0.05) is 21.7 Å². The Morgan fingerprint density at radius 3 is 1.90 bits per heavy atom. The molecule has 0 amide bonds. The smallest absolute Gasteiger partial charge is 0.379 e. The van der Waals surface area contributed by atoms with Crippen molar-refractivity contribution in [3.63, 3.8) is 0 Å². The first-order valence-electron chi connectivity index (χ1n) is 8.84. The van der Waals surface area contributed by atoms with E-state index in [9.17, 15) is 14.4 Å². The van der Waals surface area contributed by atoms with E-state index in [1.54, 1.807) is 78.9 Å². The van der Waals surface area contributed by atoms with Gasteiger partial charge in [-0.3, -0.25) is 9.59 Å². The zero-order valence-corrected chi connectivity index (χ0v) is 16.1. The van der Waals surface area contributed by atoms with Gasteiger partial charge in [-0.2, -0.15) is 0 Å². The van der Waals surface area contributed by atoms with Crippen LogP contribution in [0.3, 0.4) is 0 Å². The van der Waals surface area contributed by atoms with Gasteiger partial charge in [-0.25, -0.2) is 4.79 Å². The molecule has 0 spiro atoms. The first-order valence-corrected chi connectivity index (χ1v) is 9.22. The molecule has 0 aromatic heterocycles. The summed E-state index contributed by atoms with van der Waals surface area (Å²) >= 11 is 5.83.